The molecule has 0 saturated carbocycles. The number of Topliss-reactive ketones (excluding diaryl/α,β-unsaturated/α-hetero) is 1. The number of carbonyl (C=O) groups excluding carboxylic acids is 4. The van der Waals surface area contributed by atoms with Crippen LogP contribution in [0.5, 0.6) is 0 Å². The summed E-state index contributed by atoms with van der Waals surface area (Å²) in [5.74, 6) is -5.00. The summed E-state index contributed by atoms with van der Waals surface area (Å²) in [5.41, 5.74) is 0.592. The minimum Gasteiger partial charge on any atom is -0.344 e. The smallest absolute Gasteiger partial charge is 0.344 e. The molecule has 1 aromatic rings. The summed E-state index contributed by atoms with van der Waals surface area (Å²) in [6.45, 7) is 14.1. The van der Waals surface area contributed by atoms with E-state index in [2.05, 4.69) is 15.7 Å². The fourth-order valence-corrected chi connectivity index (χ4v) is 4.48. The number of halogens is 3. The molecule has 0 spiro atoms. The number of nitrogens with one attached hydrogen (secondary N) is 2. The largest absolute Gasteiger partial charge is 0.452 e. The number of aromatic nitrogens is 2. The number of rotatable bonds is 8. The molecule has 2 N–H and O–H groups in total. The van der Waals surface area contributed by atoms with E-state index in [9.17, 15) is 32.3 Å². The third-order valence-corrected chi connectivity index (χ3v) is 6.47. The van der Waals surface area contributed by atoms with E-state index in [1.165, 1.54) is 24.9 Å². The number of hydrogen-bond donors (Lipinski definition) is 2. The number of amides is 3. The molecule has 0 bridgehead atoms. The maximum absolute atomic E-state index is 13.5. The molecule has 0 aromatic carbocycles. The molecule has 3 atom stereocenters. The van der Waals surface area contributed by atoms with Gasteiger partial charge in [0.2, 0.25) is 11.8 Å². The zero-order valence-corrected chi connectivity index (χ0v) is 22.7. The molecular weight excluding hydrogens is 491 g/mol. The zero-order chi connectivity index (χ0) is 28.5. The van der Waals surface area contributed by atoms with Crippen molar-refractivity contribution in [3.8, 4) is 0 Å². The Hall–Kier alpha value is -2.92. The van der Waals surface area contributed by atoms with Crippen LogP contribution in [0, 0.1) is 18.8 Å². The maximum atomic E-state index is 13.5. The Morgan fingerprint density at radius 2 is 1.57 bits per heavy atom. The number of hydrogen-bond acceptors (Lipinski definition) is 5. The van der Waals surface area contributed by atoms with Crippen LogP contribution in [0.4, 0.5) is 13.2 Å². The average Bonchev–Trinajstić information content (AvgIpc) is 3.40. The standard InChI is InChI=1S/C25H38F3N5O4/c1-13(2)18(20(34)25(26,27)28)30-22(36)17-10-9-11-32(17)23(37)19(14(3)4)31-21(35)16-12-29-33(15(16)5)24(6,7)8/h12-14,17-19H,9-11H2,1-8H3,(H,30,36)(H,31,35)/t17-,18-,19-/m0/s1. The lowest BCUT2D eigenvalue weighted by Gasteiger charge is -2.32. The Kier molecular flexibility index (Phi) is 9.19. The van der Waals surface area contributed by atoms with Gasteiger partial charge in [0.05, 0.1) is 23.3 Å². The highest BCUT2D eigenvalue weighted by atomic mass is 19.4. The van der Waals surface area contributed by atoms with Gasteiger partial charge in [-0.15, -0.1) is 0 Å². The highest BCUT2D eigenvalue weighted by molar-refractivity contribution is 6.00. The van der Waals surface area contributed by atoms with Crippen LogP contribution in [0.15, 0.2) is 6.20 Å². The van der Waals surface area contributed by atoms with Crippen LogP contribution in [-0.4, -0.2) is 69.0 Å². The third kappa shape index (κ3) is 6.89. The molecule has 12 heteroatoms. The van der Waals surface area contributed by atoms with E-state index in [0.717, 1.165) is 0 Å². The van der Waals surface area contributed by atoms with Gasteiger partial charge in [-0.25, -0.2) is 0 Å². The minimum absolute atomic E-state index is 0.205. The van der Waals surface area contributed by atoms with Crippen LogP contribution in [0.1, 0.15) is 77.4 Å². The first kappa shape index (κ1) is 30.3. The van der Waals surface area contributed by atoms with Crippen LogP contribution in [0.3, 0.4) is 0 Å². The summed E-state index contributed by atoms with van der Waals surface area (Å²) >= 11 is 0. The van der Waals surface area contributed by atoms with Gasteiger partial charge in [0.25, 0.3) is 11.7 Å². The topological polar surface area (TPSA) is 113 Å². The number of alkyl halides is 3. The first-order valence-electron chi connectivity index (χ1n) is 12.5. The van der Waals surface area contributed by atoms with E-state index >= 15 is 0 Å². The van der Waals surface area contributed by atoms with E-state index in [-0.39, 0.29) is 24.4 Å². The van der Waals surface area contributed by atoms with Gasteiger partial charge in [-0.2, -0.15) is 18.3 Å². The summed E-state index contributed by atoms with van der Waals surface area (Å²) in [4.78, 5) is 52.7. The monoisotopic (exact) mass is 529 g/mol. The van der Waals surface area contributed by atoms with Gasteiger partial charge in [-0.3, -0.25) is 23.9 Å². The van der Waals surface area contributed by atoms with Crippen molar-refractivity contribution in [3.63, 3.8) is 0 Å². The van der Waals surface area contributed by atoms with Crippen LogP contribution in [0.25, 0.3) is 0 Å². The highest BCUT2D eigenvalue weighted by Crippen LogP contribution is 2.24. The van der Waals surface area contributed by atoms with Crippen LogP contribution in [0.2, 0.25) is 0 Å². The second kappa shape index (κ2) is 11.2. The maximum Gasteiger partial charge on any atom is 0.452 e. The second-order valence-corrected chi connectivity index (χ2v) is 11.2. The van der Waals surface area contributed by atoms with Crippen LogP contribution >= 0.6 is 0 Å². The Morgan fingerprint density at radius 3 is 2.03 bits per heavy atom. The molecule has 0 radical (unpaired) electrons. The Labute approximate surface area is 215 Å². The normalized spacial score (nSPS) is 18.2. The second-order valence-electron chi connectivity index (χ2n) is 11.2. The SMILES string of the molecule is Cc1c(C(=O)N[C@H](C(=O)N2CCC[C@H]2C(=O)N[C@H](C(=O)C(F)(F)F)C(C)C)C(C)C)cnn1C(C)(C)C. The molecule has 1 aliphatic heterocycles. The Bertz CT molecular complexity index is 1030. The van der Waals surface area contributed by atoms with Gasteiger partial charge in [0.15, 0.2) is 0 Å². The quantitative estimate of drug-likeness (QED) is 0.538. The van der Waals surface area contributed by atoms with Crippen molar-refractivity contribution in [1.29, 1.82) is 0 Å². The predicted molar refractivity (Wildman–Crippen MR) is 131 cm³/mol. The van der Waals surface area contributed by atoms with Gasteiger partial charge in [0, 0.05) is 12.2 Å². The number of carbonyl (C=O) groups is 4. The molecule has 9 nitrogen and oxygen atoms in total. The molecule has 37 heavy (non-hydrogen) atoms. The molecule has 0 aliphatic carbocycles. The lowest BCUT2D eigenvalue weighted by Crippen LogP contribution is -2.58. The van der Waals surface area contributed by atoms with Crippen molar-refractivity contribution in [3.05, 3.63) is 17.5 Å². The van der Waals surface area contributed by atoms with Gasteiger partial charge in [-0.1, -0.05) is 27.7 Å². The predicted octanol–water partition coefficient (Wildman–Crippen LogP) is 2.96. The van der Waals surface area contributed by atoms with Crippen LogP contribution in [-0.2, 0) is 19.9 Å². The fraction of sp³-hybridized carbons (Fsp3) is 0.720. The first-order valence-corrected chi connectivity index (χ1v) is 12.5. The first-order chi connectivity index (χ1) is 16.9. The van der Waals surface area contributed by atoms with Gasteiger partial charge >= 0.3 is 6.18 Å². The van der Waals surface area contributed by atoms with Gasteiger partial charge < -0.3 is 15.5 Å². The molecule has 1 aliphatic rings. The summed E-state index contributed by atoms with van der Waals surface area (Å²) in [7, 11) is 0. The molecule has 2 heterocycles. The molecular formula is C25H38F3N5O4. The van der Waals surface area contributed by atoms with Crippen molar-refractivity contribution >= 4 is 23.5 Å². The summed E-state index contributed by atoms with van der Waals surface area (Å²) in [5, 5.41) is 9.25. The Balaban J connectivity index is 2.22. The minimum atomic E-state index is -5.10. The molecule has 3 amide bonds. The van der Waals surface area contributed by atoms with Crippen LogP contribution < -0.4 is 10.6 Å². The summed E-state index contributed by atoms with van der Waals surface area (Å²) in [6, 6.07) is -3.78. The van der Waals surface area contributed by atoms with E-state index in [1.54, 1.807) is 25.5 Å². The summed E-state index contributed by atoms with van der Waals surface area (Å²) in [6.07, 6.45) is -2.97. The van der Waals surface area contributed by atoms with Crippen molar-refractivity contribution in [1.82, 2.24) is 25.3 Å². The number of ketones is 1. The lowest BCUT2D eigenvalue weighted by molar-refractivity contribution is -0.175. The Morgan fingerprint density at radius 1 is 1.00 bits per heavy atom. The zero-order valence-electron chi connectivity index (χ0n) is 22.7. The van der Waals surface area contributed by atoms with Crippen molar-refractivity contribution in [2.45, 2.75) is 98.1 Å². The third-order valence-electron chi connectivity index (χ3n) is 6.47. The van der Waals surface area contributed by atoms with Gasteiger partial charge in [0.1, 0.15) is 12.1 Å². The van der Waals surface area contributed by atoms with E-state index in [4.69, 9.17) is 0 Å². The van der Waals surface area contributed by atoms with Gasteiger partial charge in [-0.05, 0) is 52.4 Å². The van der Waals surface area contributed by atoms with Crippen molar-refractivity contribution < 1.29 is 32.3 Å². The molecule has 208 valence electrons. The van der Waals surface area contributed by atoms with E-state index in [1.807, 2.05) is 20.8 Å². The molecule has 0 unspecified atom stereocenters. The average molecular weight is 530 g/mol. The molecule has 1 fully saturated rings. The fourth-order valence-electron chi connectivity index (χ4n) is 4.48. The molecule has 1 saturated heterocycles. The lowest BCUT2D eigenvalue weighted by atomic mass is 9.98. The van der Waals surface area contributed by atoms with E-state index < -0.39 is 53.7 Å². The van der Waals surface area contributed by atoms with E-state index in [0.29, 0.717) is 17.7 Å². The van der Waals surface area contributed by atoms with Crippen molar-refractivity contribution in [2.24, 2.45) is 11.8 Å². The highest BCUT2D eigenvalue weighted by Gasteiger charge is 2.46. The summed E-state index contributed by atoms with van der Waals surface area (Å²) < 4.78 is 40.8. The molecule has 2 rings (SSSR count). The number of nitrogens with zero attached hydrogens (tertiary/aromatic N) is 3. The van der Waals surface area contributed by atoms with Crippen molar-refractivity contribution in [2.75, 3.05) is 6.54 Å². The molecule has 1 aromatic heterocycles. The number of likely N-dealkylation sites (tertiary alicyclic amines) is 1.